The summed E-state index contributed by atoms with van der Waals surface area (Å²) in [5.41, 5.74) is 7.52. The molecule has 0 aliphatic heterocycles. The van der Waals surface area contributed by atoms with E-state index in [9.17, 15) is 0 Å². The first kappa shape index (κ1) is 14.9. The van der Waals surface area contributed by atoms with Gasteiger partial charge in [0, 0.05) is 18.2 Å². The SMILES string of the molecule is C[C@H](NCc1ccc(/C(N)=N/O)cc1)C1CCCCC1. The Morgan fingerprint density at radius 2 is 1.95 bits per heavy atom. The summed E-state index contributed by atoms with van der Waals surface area (Å²) in [6, 6.07) is 8.38. The normalized spacial score (nSPS) is 18.9. The average molecular weight is 275 g/mol. The van der Waals surface area contributed by atoms with Gasteiger partial charge in [-0.15, -0.1) is 0 Å². The molecule has 0 radical (unpaired) electrons. The Labute approximate surface area is 121 Å². The van der Waals surface area contributed by atoms with Crippen molar-refractivity contribution >= 4 is 5.84 Å². The number of benzene rings is 1. The largest absolute Gasteiger partial charge is 0.409 e. The van der Waals surface area contributed by atoms with Crippen LogP contribution in [0.5, 0.6) is 0 Å². The molecular weight excluding hydrogens is 250 g/mol. The molecule has 4 heteroatoms. The lowest BCUT2D eigenvalue weighted by atomic mass is 9.84. The summed E-state index contributed by atoms with van der Waals surface area (Å²) in [4.78, 5) is 0. The van der Waals surface area contributed by atoms with Crippen molar-refractivity contribution in [2.24, 2.45) is 16.8 Å². The smallest absolute Gasteiger partial charge is 0.170 e. The van der Waals surface area contributed by atoms with Crippen LogP contribution in [0.25, 0.3) is 0 Å². The molecule has 0 saturated heterocycles. The Kier molecular flexibility index (Phi) is 5.41. The van der Waals surface area contributed by atoms with Crippen LogP contribution in [-0.2, 0) is 6.54 Å². The molecule has 1 saturated carbocycles. The average Bonchev–Trinajstić information content (AvgIpc) is 2.53. The number of hydrogen-bond donors (Lipinski definition) is 3. The molecule has 1 fully saturated rings. The van der Waals surface area contributed by atoms with Crippen molar-refractivity contribution in [3.63, 3.8) is 0 Å². The fourth-order valence-electron chi connectivity index (χ4n) is 2.93. The predicted octanol–water partition coefficient (Wildman–Crippen LogP) is 2.84. The molecule has 1 aromatic carbocycles. The van der Waals surface area contributed by atoms with Crippen LogP contribution in [-0.4, -0.2) is 17.1 Å². The zero-order valence-corrected chi connectivity index (χ0v) is 12.2. The Morgan fingerprint density at radius 3 is 2.55 bits per heavy atom. The molecular formula is C16H25N3O. The van der Waals surface area contributed by atoms with Crippen LogP contribution in [0.1, 0.15) is 50.2 Å². The van der Waals surface area contributed by atoms with E-state index >= 15 is 0 Å². The third-order valence-corrected chi connectivity index (χ3v) is 4.34. The molecule has 0 amide bonds. The van der Waals surface area contributed by atoms with Crippen molar-refractivity contribution < 1.29 is 5.21 Å². The van der Waals surface area contributed by atoms with Crippen molar-refractivity contribution in [3.8, 4) is 0 Å². The quantitative estimate of drug-likeness (QED) is 0.335. The Balaban J connectivity index is 1.84. The number of hydrogen-bond acceptors (Lipinski definition) is 3. The molecule has 4 nitrogen and oxygen atoms in total. The third kappa shape index (κ3) is 3.97. The molecule has 0 spiro atoms. The standard InChI is InChI=1S/C16H25N3O/c1-12(14-5-3-2-4-6-14)18-11-13-7-9-15(10-8-13)16(17)19-20/h7-10,12,14,18,20H,2-6,11H2,1H3,(H2,17,19)/t12-/m0/s1. The van der Waals surface area contributed by atoms with Crippen molar-refractivity contribution in [2.45, 2.75) is 51.6 Å². The van der Waals surface area contributed by atoms with Crippen LogP contribution in [0.3, 0.4) is 0 Å². The van der Waals surface area contributed by atoms with Gasteiger partial charge in [-0.2, -0.15) is 0 Å². The maximum Gasteiger partial charge on any atom is 0.170 e. The van der Waals surface area contributed by atoms with Crippen LogP contribution >= 0.6 is 0 Å². The molecule has 0 heterocycles. The van der Waals surface area contributed by atoms with E-state index in [2.05, 4.69) is 17.4 Å². The highest BCUT2D eigenvalue weighted by Crippen LogP contribution is 2.26. The molecule has 20 heavy (non-hydrogen) atoms. The van der Waals surface area contributed by atoms with Crippen LogP contribution in [0.2, 0.25) is 0 Å². The van der Waals surface area contributed by atoms with Crippen LogP contribution in [0.15, 0.2) is 29.4 Å². The molecule has 1 aromatic rings. The topological polar surface area (TPSA) is 70.6 Å². The molecule has 0 bridgehead atoms. The summed E-state index contributed by atoms with van der Waals surface area (Å²) < 4.78 is 0. The zero-order valence-electron chi connectivity index (χ0n) is 12.2. The van der Waals surface area contributed by atoms with Crippen molar-refractivity contribution in [2.75, 3.05) is 0 Å². The lowest BCUT2D eigenvalue weighted by Gasteiger charge is -2.28. The van der Waals surface area contributed by atoms with E-state index in [-0.39, 0.29) is 5.84 Å². The Hall–Kier alpha value is -1.55. The molecule has 0 unspecified atom stereocenters. The minimum Gasteiger partial charge on any atom is -0.409 e. The first-order valence-corrected chi connectivity index (χ1v) is 7.51. The van der Waals surface area contributed by atoms with Gasteiger partial charge in [0.15, 0.2) is 5.84 Å². The summed E-state index contributed by atoms with van der Waals surface area (Å²) in [7, 11) is 0. The van der Waals surface area contributed by atoms with Crippen molar-refractivity contribution in [3.05, 3.63) is 35.4 Å². The highest BCUT2D eigenvalue weighted by atomic mass is 16.4. The Bertz CT molecular complexity index is 436. The molecule has 1 atom stereocenters. The van der Waals surface area contributed by atoms with Gasteiger partial charge >= 0.3 is 0 Å². The lowest BCUT2D eigenvalue weighted by molar-refractivity contribution is 0.280. The lowest BCUT2D eigenvalue weighted by Crippen LogP contribution is -2.34. The van der Waals surface area contributed by atoms with E-state index in [4.69, 9.17) is 10.9 Å². The number of rotatable bonds is 5. The maximum atomic E-state index is 8.63. The van der Waals surface area contributed by atoms with E-state index < -0.39 is 0 Å². The molecule has 2 rings (SSSR count). The molecule has 1 aliphatic rings. The van der Waals surface area contributed by atoms with E-state index in [1.54, 1.807) is 0 Å². The fourth-order valence-corrected chi connectivity index (χ4v) is 2.93. The minimum absolute atomic E-state index is 0.153. The van der Waals surface area contributed by atoms with Gasteiger partial charge in [-0.3, -0.25) is 0 Å². The van der Waals surface area contributed by atoms with Crippen LogP contribution < -0.4 is 11.1 Å². The summed E-state index contributed by atoms with van der Waals surface area (Å²) >= 11 is 0. The van der Waals surface area contributed by atoms with Crippen LogP contribution in [0, 0.1) is 5.92 Å². The van der Waals surface area contributed by atoms with Crippen molar-refractivity contribution in [1.82, 2.24) is 5.32 Å². The van der Waals surface area contributed by atoms with Gasteiger partial charge < -0.3 is 16.3 Å². The van der Waals surface area contributed by atoms with Gasteiger partial charge in [0.25, 0.3) is 0 Å². The minimum atomic E-state index is 0.153. The number of amidine groups is 1. The number of nitrogens with two attached hydrogens (primary N) is 1. The molecule has 4 N–H and O–H groups in total. The monoisotopic (exact) mass is 275 g/mol. The molecule has 0 aromatic heterocycles. The summed E-state index contributed by atoms with van der Waals surface area (Å²) in [6.45, 7) is 3.16. The second-order valence-electron chi connectivity index (χ2n) is 5.75. The first-order chi connectivity index (χ1) is 9.70. The Morgan fingerprint density at radius 1 is 1.30 bits per heavy atom. The maximum absolute atomic E-state index is 8.63. The van der Waals surface area contributed by atoms with Gasteiger partial charge in [-0.25, -0.2) is 0 Å². The highest BCUT2D eigenvalue weighted by Gasteiger charge is 2.19. The van der Waals surface area contributed by atoms with E-state index in [1.807, 2.05) is 24.3 Å². The van der Waals surface area contributed by atoms with Gasteiger partial charge in [0.05, 0.1) is 0 Å². The fraction of sp³-hybridized carbons (Fsp3) is 0.562. The number of nitrogens with one attached hydrogen (secondary N) is 1. The van der Waals surface area contributed by atoms with Gasteiger partial charge in [0.2, 0.25) is 0 Å². The third-order valence-electron chi connectivity index (χ3n) is 4.34. The predicted molar refractivity (Wildman–Crippen MR) is 81.8 cm³/mol. The van der Waals surface area contributed by atoms with Gasteiger partial charge in [0.1, 0.15) is 0 Å². The van der Waals surface area contributed by atoms with E-state index in [1.165, 1.54) is 37.7 Å². The van der Waals surface area contributed by atoms with Crippen LogP contribution in [0.4, 0.5) is 0 Å². The molecule has 110 valence electrons. The molecule has 1 aliphatic carbocycles. The van der Waals surface area contributed by atoms with Gasteiger partial charge in [-0.1, -0.05) is 48.7 Å². The van der Waals surface area contributed by atoms with Gasteiger partial charge in [-0.05, 0) is 31.2 Å². The van der Waals surface area contributed by atoms with Crippen molar-refractivity contribution in [1.29, 1.82) is 0 Å². The summed E-state index contributed by atoms with van der Waals surface area (Å²) in [6.07, 6.45) is 6.88. The second kappa shape index (κ2) is 7.29. The summed E-state index contributed by atoms with van der Waals surface area (Å²) in [5, 5.41) is 15.3. The van der Waals surface area contributed by atoms with E-state index in [0.29, 0.717) is 6.04 Å². The first-order valence-electron chi connectivity index (χ1n) is 7.51. The number of nitrogens with zero attached hydrogens (tertiary/aromatic N) is 1. The number of oxime groups is 1. The van der Waals surface area contributed by atoms with E-state index in [0.717, 1.165) is 18.0 Å². The highest BCUT2D eigenvalue weighted by molar-refractivity contribution is 5.96. The second-order valence-corrected chi connectivity index (χ2v) is 5.75. The zero-order chi connectivity index (χ0) is 14.4. The summed E-state index contributed by atoms with van der Waals surface area (Å²) in [5.74, 6) is 0.972.